The molecular formula is C10H8F3N3O2S. The van der Waals surface area contributed by atoms with Crippen LogP contribution in [0.5, 0.6) is 0 Å². The van der Waals surface area contributed by atoms with Crippen LogP contribution >= 0.6 is 11.3 Å². The van der Waals surface area contributed by atoms with Gasteiger partial charge < -0.3 is 4.52 Å². The molecule has 0 aliphatic carbocycles. The molecule has 0 spiro atoms. The van der Waals surface area contributed by atoms with Crippen LogP contribution in [0.2, 0.25) is 0 Å². The van der Waals surface area contributed by atoms with Crippen LogP contribution in [0.15, 0.2) is 9.90 Å². The zero-order valence-corrected chi connectivity index (χ0v) is 10.5. The average molecular weight is 291 g/mol. The van der Waals surface area contributed by atoms with E-state index in [0.717, 1.165) is 5.01 Å². The number of ketones is 1. The maximum atomic E-state index is 12.0. The molecule has 0 saturated heterocycles. The Morgan fingerprint density at radius 2 is 2.16 bits per heavy atom. The van der Waals surface area contributed by atoms with Gasteiger partial charge in [0.15, 0.2) is 5.82 Å². The Balaban J connectivity index is 2.01. The van der Waals surface area contributed by atoms with Gasteiger partial charge in [-0.05, 0) is 6.92 Å². The van der Waals surface area contributed by atoms with E-state index in [2.05, 4.69) is 19.6 Å². The molecule has 0 atom stereocenters. The topological polar surface area (TPSA) is 68.9 Å². The van der Waals surface area contributed by atoms with E-state index in [1.807, 2.05) is 6.92 Å². The molecule has 2 aromatic heterocycles. The second-order valence-electron chi connectivity index (χ2n) is 3.74. The van der Waals surface area contributed by atoms with Crippen molar-refractivity contribution in [3.8, 4) is 0 Å². The van der Waals surface area contributed by atoms with Gasteiger partial charge in [-0.3, -0.25) is 4.79 Å². The van der Waals surface area contributed by atoms with Gasteiger partial charge in [-0.25, -0.2) is 4.98 Å². The van der Waals surface area contributed by atoms with Gasteiger partial charge in [0.25, 0.3) is 0 Å². The van der Waals surface area contributed by atoms with Crippen LogP contribution in [0, 0.1) is 6.92 Å². The molecule has 0 aliphatic rings. The summed E-state index contributed by atoms with van der Waals surface area (Å²) in [6, 6.07) is 0. The van der Waals surface area contributed by atoms with Crippen molar-refractivity contribution in [2.75, 3.05) is 0 Å². The minimum absolute atomic E-state index is 0.204. The Hall–Kier alpha value is -1.77. The molecule has 0 N–H and O–H groups in total. The highest BCUT2D eigenvalue weighted by molar-refractivity contribution is 7.09. The van der Waals surface area contributed by atoms with Crippen molar-refractivity contribution < 1.29 is 22.5 Å². The number of carbonyl (C=O) groups excluding carboxylic acids is 1. The van der Waals surface area contributed by atoms with Crippen molar-refractivity contribution in [2.45, 2.75) is 25.9 Å². The van der Waals surface area contributed by atoms with Gasteiger partial charge in [0, 0.05) is 5.38 Å². The Bertz CT molecular complexity index is 591. The molecule has 0 saturated carbocycles. The van der Waals surface area contributed by atoms with E-state index in [1.54, 1.807) is 5.38 Å². The molecule has 102 valence electrons. The highest BCUT2D eigenvalue weighted by atomic mass is 32.1. The maximum absolute atomic E-state index is 12.0. The second-order valence-corrected chi connectivity index (χ2v) is 4.80. The first kappa shape index (κ1) is 13.7. The smallest absolute Gasteiger partial charge is 0.339 e. The van der Waals surface area contributed by atoms with Crippen molar-refractivity contribution in [2.24, 2.45) is 0 Å². The fourth-order valence-corrected chi connectivity index (χ4v) is 1.94. The lowest BCUT2D eigenvalue weighted by Gasteiger charge is -2.00. The average Bonchev–Trinajstić information content (AvgIpc) is 2.88. The predicted molar refractivity (Wildman–Crippen MR) is 58.7 cm³/mol. The summed E-state index contributed by atoms with van der Waals surface area (Å²) in [6.45, 7) is 1.83. The van der Waals surface area contributed by atoms with Crippen molar-refractivity contribution in [3.63, 3.8) is 0 Å². The number of alkyl halides is 3. The van der Waals surface area contributed by atoms with Gasteiger partial charge in [-0.2, -0.15) is 18.2 Å². The van der Waals surface area contributed by atoms with Gasteiger partial charge >= 0.3 is 6.18 Å². The van der Waals surface area contributed by atoms with E-state index in [0.29, 0.717) is 5.69 Å². The third-order valence-corrected chi connectivity index (χ3v) is 2.97. The van der Waals surface area contributed by atoms with Crippen LogP contribution in [-0.2, 0) is 17.6 Å². The molecule has 0 aliphatic heterocycles. The summed E-state index contributed by atoms with van der Waals surface area (Å²) in [7, 11) is 0. The van der Waals surface area contributed by atoms with Gasteiger partial charge in [-0.15, -0.1) is 11.3 Å². The van der Waals surface area contributed by atoms with Crippen LogP contribution in [0.1, 0.15) is 22.4 Å². The van der Waals surface area contributed by atoms with Gasteiger partial charge in [0.05, 0.1) is 23.5 Å². The Labute approximate surface area is 109 Å². The monoisotopic (exact) mass is 291 g/mol. The van der Waals surface area contributed by atoms with E-state index in [1.165, 1.54) is 11.3 Å². The normalized spacial score (nSPS) is 11.8. The number of aryl methyl sites for hydroxylation is 1. The SMILES string of the molecule is Cc1nc(Cc2noc(CC(=O)C(F)(F)F)n2)cs1. The summed E-state index contributed by atoms with van der Waals surface area (Å²) in [4.78, 5) is 18.6. The van der Waals surface area contributed by atoms with Crippen LogP contribution in [0.25, 0.3) is 0 Å². The fourth-order valence-electron chi connectivity index (χ4n) is 1.32. The van der Waals surface area contributed by atoms with Crippen molar-refractivity contribution in [1.29, 1.82) is 0 Å². The molecule has 9 heteroatoms. The molecule has 0 amide bonds. The van der Waals surface area contributed by atoms with Crippen LogP contribution in [-0.4, -0.2) is 27.1 Å². The quantitative estimate of drug-likeness (QED) is 0.862. The lowest BCUT2D eigenvalue weighted by molar-refractivity contribution is -0.170. The molecule has 0 radical (unpaired) electrons. The molecule has 0 bridgehead atoms. The third kappa shape index (κ3) is 3.60. The highest BCUT2D eigenvalue weighted by Gasteiger charge is 2.39. The van der Waals surface area contributed by atoms with Gasteiger partial charge in [0.1, 0.15) is 0 Å². The summed E-state index contributed by atoms with van der Waals surface area (Å²) in [6.07, 6.45) is -5.57. The Morgan fingerprint density at radius 3 is 2.74 bits per heavy atom. The van der Waals surface area contributed by atoms with E-state index in [9.17, 15) is 18.0 Å². The molecule has 2 heterocycles. The first-order valence-electron chi connectivity index (χ1n) is 5.17. The number of thiazole rings is 1. The van der Waals surface area contributed by atoms with E-state index >= 15 is 0 Å². The number of halogens is 3. The van der Waals surface area contributed by atoms with Gasteiger partial charge in [0.2, 0.25) is 11.7 Å². The number of nitrogens with zero attached hydrogens (tertiary/aromatic N) is 3. The van der Waals surface area contributed by atoms with Crippen molar-refractivity contribution in [1.82, 2.24) is 15.1 Å². The molecular weight excluding hydrogens is 283 g/mol. The predicted octanol–water partition coefficient (Wildman–Crippen LogP) is 2.10. The highest BCUT2D eigenvalue weighted by Crippen LogP contribution is 2.18. The Kier molecular flexibility index (Phi) is 3.65. The Morgan fingerprint density at radius 1 is 1.42 bits per heavy atom. The van der Waals surface area contributed by atoms with Crippen molar-refractivity contribution >= 4 is 17.1 Å². The summed E-state index contributed by atoms with van der Waals surface area (Å²) in [5, 5.41) is 6.18. The molecule has 19 heavy (non-hydrogen) atoms. The lowest BCUT2D eigenvalue weighted by Crippen LogP contribution is -2.24. The molecule has 0 unspecified atom stereocenters. The molecule has 5 nitrogen and oxygen atoms in total. The summed E-state index contributed by atoms with van der Waals surface area (Å²) in [5.74, 6) is -2.05. The standard InChI is InChI=1S/C10H8F3N3O2S/c1-5-14-6(4-19-5)2-8-15-9(18-16-8)3-7(17)10(11,12)13/h4H,2-3H2,1H3. The fraction of sp³-hybridized carbons (Fsp3) is 0.400. The second kappa shape index (κ2) is 5.08. The zero-order valence-electron chi connectivity index (χ0n) is 9.69. The number of aromatic nitrogens is 3. The third-order valence-electron chi connectivity index (χ3n) is 2.14. The van der Waals surface area contributed by atoms with Crippen LogP contribution in [0.3, 0.4) is 0 Å². The first-order chi connectivity index (χ1) is 8.84. The van der Waals surface area contributed by atoms with Crippen LogP contribution < -0.4 is 0 Å². The van der Waals surface area contributed by atoms with Crippen LogP contribution in [0.4, 0.5) is 13.2 Å². The van der Waals surface area contributed by atoms with Gasteiger partial charge in [-0.1, -0.05) is 5.16 Å². The molecule has 0 aromatic carbocycles. The number of carbonyl (C=O) groups is 1. The summed E-state index contributed by atoms with van der Waals surface area (Å²) in [5.41, 5.74) is 0.706. The lowest BCUT2D eigenvalue weighted by atomic mass is 10.3. The number of rotatable bonds is 4. The number of Topliss-reactive ketones (excluding diaryl/α,β-unsaturated/α-hetero) is 1. The minimum Gasteiger partial charge on any atom is -0.339 e. The minimum atomic E-state index is -4.89. The zero-order chi connectivity index (χ0) is 14.0. The largest absolute Gasteiger partial charge is 0.450 e. The molecule has 0 fully saturated rings. The summed E-state index contributed by atoms with van der Waals surface area (Å²) >= 11 is 1.44. The first-order valence-corrected chi connectivity index (χ1v) is 6.05. The maximum Gasteiger partial charge on any atom is 0.450 e. The van der Waals surface area contributed by atoms with E-state index in [-0.39, 0.29) is 18.1 Å². The van der Waals surface area contributed by atoms with Crippen molar-refractivity contribution in [3.05, 3.63) is 27.8 Å². The van der Waals surface area contributed by atoms with E-state index in [4.69, 9.17) is 0 Å². The number of hydrogen-bond donors (Lipinski definition) is 0. The molecule has 2 aromatic rings. The van der Waals surface area contributed by atoms with E-state index < -0.39 is 18.4 Å². The number of hydrogen-bond acceptors (Lipinski definition) is 6. The summed E-state index contributed by atoms with van der Waals surface area (Å²) < 4.78 is 40.7. The molecule has 2 rings (SSSR count).